The van der Waals surface area contributed by atoms with E-state index in [1.165, 1.54) is 11.3 Å². The number of carbonyl (C=O) groups excluding carboxylic acids is 1. The van der Waals surface area contributed by atoms with E-state index < -0.39 is 0 Å². The van der Waals surface area contributed by atoms with Gasteiger partial charge in [0.05, 0.1) is 5.02 Å². The molecule has 1 aliphatic rings. The minimum Gasteiger partial charge on any atom is -0.336 e. The van der Waals surface area contributed by atoms with Crippen LogP contribution in [-0.2, 0) is 0 Å². The van der Waals surface area contributed by atoms with Gasteiger partial charge in [-0.1, -0.05) is 11.6 Å². The molecule has 0 aliphatic carbocycles. The first kappa shape index (κ1) is 10.9. The summed E-state index contributed by atoms with van der Waals surface area (Å²) >= 11 is 7.31. The third kappa shape index (κ3) is 2.33. The highest BCUT2D eigenvalue weighted by Crippen LogP contribution is 2.24. The van der Waals surface area contributed by atoms with Crippen LogP contribution in [0.15, 0.2) is 11.4 Å². The lowest BCUT2D eigenvalue weighted by atomic mass is 10.1. The number of nitrogens with two attached hydrogens (primary N) is 1. The van der Waals surface area contributed by atoms with Crippen molar-refractivity contribution < 1.29 is 4.79 Å². The van der Waals surface area contributed by atoms with E-state index in [4.69, 9.17) is 17.3 Å². The molecule has 1 atom stereocenters. The second-order valence-electron chi connectivity index (χ2n) is 3.75. The summed E-state index contributed by atoms with van der Waals surface area (Å²) in [4.78, 5) is 14.5. The number of nitrogens with zero attached hydrogens (tertiary/aromatic N) is 1. The van der Waals surface area contributed by atoms with E-state index >= 15 is 0 Å². The van der Waals surface area contributed by atoms with E-state index in [1.807, 2.05) is 5.38 Å². The van der Waals surface area contributed by atoms with Crippen LogP contribution in [-0.4, -0.2) is 29.9 Å². The highest BCUT2D eigenvalue weighted by Gasteiger charge is 2.24. The molecule has 2 rings (SSSR count). The number of amides is 1. The molecule has 1 saturated heterocycles. The van der Waals surface area contributed by atoms with E-state index in [-0.39, 0.29) is 11.9 Å². The van der Waals surface area contributed by atoms with Crippen LogP contribution < -0.4 is 5.73 Å². The molecule has 0 bridgehead atoms. The Bertz CT molecular complexity index is 366. The fourth-order valence-electron chi connectivity index (χ4n) is 1.78. The number of hydrogen-bond donors (Lipinski definition) is 1. The van der Waals surface area contributed by atoms with E-state index in [0.717, 1.165) is 19.4 Å². The normalized spacial score (nSPS) is 21.7. The summed E-state index contributed by atoms with van der Waals surface area (Å²) in [6.07, 6.45) is 1.98. The van der Waals surface area contributed by atoms with Gasteiger partial charge < -0.3 is 10.6 Å². The van der Waals surface area contributed by atoms with Crippen LogP contribution in [0.3, 0.4) is 0 Å². The van der Waals surface area contributed by atoms with Crippen molar-refractivity contribution in [1.82, 2.24) is 4.90 Å². The molecule has 2 heterocycles. The van der Waals surface area contributed by atoms with Crippen LogP contribution >= 0.6 is 22.9 Å². The van der Waals surface area contributed by atoms with Gasteiger partial charge in [-0.05, 0) is 24.3 Å². The Kier molecular flexibility index (Phi) is 3.29. The van der Waals surface area contributed by atoms with Gasteiger partial charge in [-0.25, -0.2) is 0 Å². The lowest BCUT2D eigenvalue weighted by Crippen LogP contribution is -2.45. The summed E-state index contributed by atoms with van der Waals surface area (Å²) in [5, 5.41) is 2.38. The van der Waals surface area contributed by atoms with Gasteiger partial charge in [-0.15, -0.1) is 11.3 Å². The average Bonchev–Trinajstić information content (AvgIpc) is 2.63. The maximum Gasteiger partial charge on any atom is 0.265 e. The van der Waals surface area contributed by atoms with Gasteiger partial charge in [0.25, 0.3) is 5.91 Å². The molecule has 0 unspecified atom stereocenters. The molecule has 2 N–H and O–H groups in total. The minimum atomic E-state index is 0.0187. The van der Waals surface area contributed by atoms with Crippen molar-refractivity contribution in [1.29, 1.82) is 0 Å². The maximum atomic E-state index is 12.0. The maximum absolute atomic E-state index is 12.0. The second kappa shape index (κ2) is 4.51. The zero-order chi connectivity index (χ0) is 10.8. The molecule has 1 aliphatic heterocycles. The van der Waals surface area contributed by atoms with Gasteiger partial charge in [-0.2, -0.15) is 0 Å². The largest absolute Gasteiger partial charge is 0.336 e. The monoisotopic (exact) mass is 244 g/mol. The van der Waals surface area contributed by atoms with Crippen molar-refractivity contribution >= 4 is 28.8 Å². The first-order chi connectivity index (χ1) is 7.18. The predicted octanol–water partition coefficient (Wildman–Crippen LogP) is 1.96. The molecule has 0 aromatic carbocycles. The summed E-state index contributed by atoms with van der Waals surface area (Å²) < 4.78 is 0. The number of rotatable bonds is 1. The SMILES string of the molecule is N[C@@H]1CCCN(C(=O)c2sccc2Cl)C1. The molecule has 1 aromatic heterocycles. The van der Waals surface area contributed by atoms with E-state index in [2.05, 4.69) is 0 Å². The zero-order valence-electron chi connectivity index (χ0n) is 8.28. The summed E-state index contributed by atoms with van der Waals surface area (Å²) in [6.45, 7) is 1.44. The Hall–Kier alpha value is -0.580. The van der Waals surface area contributed by atoms with Crippen LogP contribution in [0.2, 0.25) is 5.02 Å². The molecule has 15 heavy (non-hydrogen) atoms. The van der Waals surface area contributed by atoms with Crippen molar-refractivity contribution in [3.63, 3.8) is 0 Å². The molecular weight excluding hydrogens is 232 g/mol. The third-order valence-corrected chi connectivity index (χ3v) is 3.89. The van der Waals surface area contributed by atoms with Gasteiger partial charge in [0.15, 0.2) is 0 Å². The van der Waals surface area contributed by atoms with Gasteiger partial charge in [0, 0.05) is 19.1 Å². The van der Waals surface area contributed by atoms with Gasteiger partial charge >= 0.3 is 0 Å². The number of halogens is 1. The van der Waals surface area contributed by atoms with Crippen LogP contribution in [0.5, 0.6) is 0 Å². The summed E-state index contributed by atoms with van der Waals surface area (Å²) in [7, 11) is 0. The first-order valence-corrected chi connectivity index (χ1v) is 6.22. The van der Waals surface area contributed by atoms with Gasteiger partial charge in [0.1, 0.15) is 4.88 Å². The second-order valence-corrected chi connectivity index (χ2v) is 5.07. The molecule has 0 radical (unpaired) electrons. The summed E-state index contributed by atoms with van der Waals surface area (Å²) in [6, 6.07) is 1.87. The lowest BCUT2D eigenvalue weighted by Gasteiger charge is -2.30. The van der Waals surface area contributed by atoms with Crippen molar-refractivity contribution in [2.45, 2.75) is 18.9 Å². The molecule has 82 valence electrons. The van der Waals surface area contributed by atoms with E-state index in [0.29, 0.717) is 16.4 Å². The molecule has 0 spiro atoms. The fourth-order valence-corrected chi connectivity index (χ4v) is 2.89. The smallest absolute Gasteiger partial charge is 0.265 e. The van der Waals surface area contributed by atoms with Crippen LogP contribution in [0.1, 0.15) is 22.5 Å². The third-order valence-electron chi connectivity index (χ3n) is 2.56. The van der Waals surface area contributed by atoms with Crippen LogP contribution in [0.4, 0.5) is 0 Å². The average molecular weight is 245 g/mol. The van der Waals surface area contributed by atoms with Crippen molar-refractivity contribution in [2.75, 3.05) is 13.1 Å². The number of likely N-dealkylation sites (tertiary alicyclic amines) is 1. The van der Waals surface area contributed by atoms with E-state index in [9.17, 15) is 4.79 Å². The van der Waals surface area contributed by atoms with E-state index in [1.54, 1.807) is 11.0 Å². The Labute approximate surface area is 97.8 Å². The summed E-state index contributed by atoms with van der Waals surface area (Å²) in [5.41, 5.74) is 5.83. The van der Waals surface area contributed by atoms with Crippen molar-refractivity contribution in [2.24, 2.45) is 5.73 Å². The minimum absolute atomic E-state index is 0.0187. The fraction of sp³-hybridized carbons (Fsp3) is 0.500. The Balaban J connectivity index is 2.11. The zero-order valence-corrected chi connectivity index (χ0v) is 9.85. The number of thiophene rings is 1. The molecule has 1 fully saturated rings. The lowest BCUT2D eigenvalue weighted by molar-refractivity contribution is 0.0714. The highest BCUT2D eigenvalue weighted by molar-refractivity contribution is 7.12. The molecular formula is C10H13ClN2OS. The van der Waals surface area contributed by atoms with Gasteiger partial charge in [-0.3, -0.25) is 4.79 Å². The quantitative estimate of drug-likeness (QED) is 0.821. The standard InChI is InChI=1S/C10H13ClN2OS/c11-8-3-5-15-9(8)10(14)13-4-1-2-7(12)6-13/h3,5,7H,1-2,4,6,12H2/t7-/m1/s1. The Morgan fingerprint density at radius 3 is 3.07 bits per heavy atom. The molecule has 1 aromatic rings. The molecule has 1 amide bonds. The highest BCUT2D eigenvalue weighted by atomic mass is 35.5. The Morgan fingerprint density at radius 1 is 1.67 bits per heavy atom. The number of carbonyl (C=O) groups is 1. The van der Waals surface area contributed by atoms with Crippen molar-refractivity contribution in [3.8, 4) is 0 Å². The first-order valence-electron chi connectivity index (χ1n) is 4.96. The van der Waals surface area contributed by atoms with Crippen LogP contribution in [0.25, 0.3) is 0 Å². The summed E-state index contributed by atoms with van der Waals surface area (Å²) in [5.74, 6) is 0.0187. The molecule has 3 nitrogen and oxygen atoms in total. The van der Waals surface area contributed by atoms with Crippen molar-refractivity contribution in [3.05, 3.63) is 21.3 Å². The van der Waals surface area contributed by atoms with Crippen LogP contribution in [0, 0.1) is 0 Å². The Morgan fingerprint density at radius 2 is 2.47 bits per heavy atom. The topological polar surface area (TPSA) is 46.3 Å². The predicted molar refractivity (Wildman–Crippen MR) is 62.4 cm³/mol. The van der Waals surface area contributed by atoms with Gasteiger partial charge in [0.2, 0.25) is 0 Å². The molecule has 0 saturated carbocycles. The molecule has 5 heteroatoms. The number of hydrogen-bond acceptors (Lipinski definition) is 3. The number of piperidine rings is 1.